The van der Waals surface area contributed by atoms with E-state index in [2.05, 4.69) is 0 Å². The minimum absolute atomic E-state index is 0.0223. The Hall–Kier alpha value is -4.39. The van der Waals surface area contributed by atoms with Crippen molar-refractivity contribution < 1.29 is 28.5 Å². The summed E-state index contributed by atoms with van der Waals surface area (Å²) in [6.07, 6.45) is 0.870. The number of carbonyl (C=O) groups excluding carboxylic acids is 2. The maximum Gasteiger partial charge on any atom is 0.315 e. The van der Waals surface area contributed by atoms with E-state index >= 15 is 0 Å². The molecule has 0 aromatic heterocycles. The molecular formula is C33H33NO6. The molecule has 0 saturated heterocycles. The van der Waals surface area contributed by atoms with Gasteiger partial charge in [-0.25, -0.2) is 0 Å². The smallest absolute Gasteiger partial charge is 0.315 e. The first kappa shape index (κ1) is 27.2. The van der Waals surface area contributed by atoms with Gasteiger partial charge in [-0.15, -0.1) is 0 Å². The monoisotopic (exact) mass is 539 g/mol. The Bertz CT molecular complexity index is 1480. The molecule has 5 rings (SSSR count). The predicted octanol–water partition coefficient (Wildman–Crippen LogP) is 6.63. The second-order valence-corrected chi connectivity index (χ2v) is 9.95. The molecule has 206 valence electrons. The number of Topliss-reactive ketones (excluding diaryl/α,β-unsaturated/α-hetero) is 1. The standard InChI is InChI=1S/C33H33NO6/c1-5-39-33(36)30-20(2)34-26-17-23(21-14-15-28(37-3)29(19-21)38-4)18-27(35)32(26)31(30)22-10-9-13-25(16-22)40-24-11-7-6-8-12-24/h6-16,19,23,30-31H,5,17-18H2,1-4H3/t23-,30?,31-/m1/s1. The number of hydrogen-bond acceptors (Lipinski definition) is 7. The molecule has 3 aromatic rings. The number of rotatable bonds is 8. The van der Waals surface area contributed by atoms with Crippen molar-refractivity contribution in [3.05, 3.63) is 95.2 Å². The van der Waals surface area contributed by atoms with Gasteiger partial charge >= 0.3 is 5.97 Å². The van der Waals surface area contributed by atoms with Crippen LogP contribution in [0.5, 0.6) is 23.0 Å². The zero-order chi connectivity index (χ0) is 28.2. The van der Waals surface area contributed by atoms with Crippen LogP contribution in [0, 0.1) is 5.92 Å². The molecule has 1 aliphatic heterocycles. The first-order chi connectivity index (χ1) is 19.4. The average Bonchev–Trinajstić information content (AvgIpc) is 2.96. The number of benzene rings is 3. The van der Waals surface area contributed by atoms with E-state index in [1.807, 2.05) is 79.7 Å². The van der Waals surface area contributed by atoms with Crippen molar-refractivity contribution in [3.63, 3.8) is 0 Å². The maximum atomic E-state index is 13.9. The summed E-state index contributed by atoms with van der Waals surface area (Å²) in [7, 11) is 3.19. The lowest BCUT2D eigenvalue weighted by atomic mass is 9.69. The van der Waals surface area contributed by atoms with Gasteiger partial charge in [0.25, 0.3) is 0 Å². The van der Waals surface area contributed by atoms with Crippen molar-refractivity contribution in [2.24, 2.45) is 10.9 Å². The molecule has 7 heteroatoms. The molecule has 2 aliphatic rings. The number of ketones is 1. The molecule has 7 nitrogen and oxygen atoms in total. The van der Waals surface area contributed by atoms with Crippen LogP contribution >= 0.6 is 0 Å². The predicted molar refractivity (Wildman–Crippen MR) is 152 cm³/mol. The highest BCUT2D eigenvalue weighted by Gasteiger charge is 2.45. The first-order valence-electron chi connectivity index (χ1n) is 13.5. The normalized spacial score (nSPS) is 20.4. The molecule has 0 radical (unpaired) electrons. The van der Waals surface area contributed by atoms with Gasteiger partial charge in [-0.2, -0.15) is 0 Å². The summed E-state index contributed by atoms with van der Waals surface area (Å²) in [5.41, 5.74) is 3.72. The number of hydrogen-bond donors (Lipinski definition) is 0. The summed E-state index contributed by atoms with van der Waals surface area (Å²) in [6.45, 7) is 3.86. The molecule has 0 N–H and O–H groups in total. The molecule has 3 atom stereocenters. The van der Waals surface area contributed by atoms with Crippen LogP contribution in [-0.2, 0) is 14.3 Å². The third-order valence-corrected chi connectivity index (χ3v) is 7.50. The van der Waals surface area contributed by atoms with Gasteiger partial charge in [0.2, 0.25) is 0 Å². The van der Waals surface area contributed by atoms with E-state index in [0.29, 0.717) is 52.8 Å². The molecular weight excluding hydrogens is 506 g/mol. The highest BCUT2D eigenvalue weighted by atomic mass is 16.5. The summed E-state index contributed by atoms with van der Waals surface area (Å²) < 4.78 is 22.4. The van der Waals surface area contributed by atoms with Gasteiger partial charge in [0.15, 0.2) is 17.3 Å². The second-order valence-electron chi connectivity index (χ2n) is 9.95. The van der Waals surface area contributed by atoms with Crippen LogP contribution in [0.1, 0.15) is 49.7 Å². The van der Waals surface area contributed by atoms with Crippen LogP contribution in [-0.4, -0.2) is 38.3 Å². The lowest BCUT2D eigenvalue weighted by Crippen LogP contribution is -2.38. The van der Waals surface area contributed by atoms with Gasteiger partial charge in [-0.1, -0.05) is 36.4 Å². The zero-order valence-electron chi connectivity index (χ0n) is 23.2. The minimum Gasteiger partial charge on any atom is -0.493 e. The van der Waals surface area contributed by atoms with E-state index in [9.17, 15) is 9.59 Å². The fraction of sp³-hybridized carbons (Fsp3) is 0.303. The van der Waals surface area contributed by atoms with E-state index in [1.165, 1.54) is 0 Å². The lowest BCUT2D eigenvalue weighted by molar-refractivity contribution is -0.146. The Morgan fingerprint density at radius 2 is 1.62 bits per heavy atom. The van der Waals surface area contributed by atoms with Crippen molar-refractivity contribution >= 4 is 17.5 Å². The number of aliphatic imine (C=N–C) groups is 1. The van der Waals surface area contributed by atoms with Crippen LogP contribution in [0.3, 0.4) is 0 Å². The van der Waals surface area contributed by atoms with Gasteiger partial charge in [0, 0.05) is 29.3 Å². The Morgan fingerprint density at radius 1 is 0.875 bits per heavy atom. The molecule has 0 spiro atoms. The average molecular weight is 540 g/mol. The minimum atomic E-state index is -0.702. The van der Waals surface area contributed by atoms with Gasteiger partial charge in [0.1, 0.15) is 17.4 Å². The second kappa shape index (κ2) is 11.8. The van der Waals surface area contributed by atoms with Gasteiger partial charge in [-0.05, 0) is 73.7 Å². The van der Waals surface area contributed by atoms with Crippen molar-refractivity contribution in [2.45, 2.75) is 38.5 Å². The Kier molecular flexibility index (Phi) is 8.01. The molecule has 1 unspecified atom stereocenters. The molecule has 0 bridgehead atoms. The number of methoxy groups -OCH3 is 2. The molecule has 1 aliphatic carbocycles. The van der Waals surface area contributed by atoms with Crippen LogP contribution in [0.2, 0.25) is 0 Å². The molecule has 0 amide bonds. The van der Waals surface area contributed by atoms with Crippen LogP contribution in [0.4, 0.5) is 0 Å². The Balaban J connectivity index is 1.55. The summed E-state index contributed by atoms with van der Waals surface area (Å²) in [5, 5.41) is 0. The topological polar surface area (TPSA) is 83.4 Å². The number of ether oxygens (including phenoxy) is 4. The van der Waals surface area contributed by atoms with Crippen LogP contribution in [0.25, 0.3) is 0 Å². The fourth-order valence-electron chi connectivity index (χ4n) is 5.70. The van der Waals surface area contributed by atoms with E-state index in [1.54, 1.807) is 21.1 Å². The summed E-state index contributed by atoms with van der Waals surface area (Å²) in [5.74, 6) is 0.873. The Labute approximate surface area is 234 Å². The zero-order valence-corrected chi connectivity index (χ0v) is 23.2. The Morgan fingerprint density at radius 3 is 2.35 bits per heavy atom. The van der Waals surface area contributed by atoms with Crippen molar-refractivity contribution in [2.75, 3.05) is 20.8 Å². The maximum absolute atomic E-state index is 13.9. The highest BCUT2D eigenvalue weighted by Crippen LogP contribution is 2.48. The quantitative estimate of drug-likeness (QED) is 0.299. The van der Waals surface area contributed by atoms with E-state index in [4.69, 9.17) is 23.9 Å². The molecule has 3 aromatic carbocycles. The van der Waals surface area contributed by atoms with E-state index in [0.717, 1.165) is 11.1 Å². The third kappa shape index (κ3) is 5.37. The number of carbonyl (C=O) groups is 2. The van der Waals surface area contributed by atoms with Gasteiger partial charge in [0.05, 0.1) is 20.8 Å². The van der Waals surface area contributed by atoms with Crippen molar-refractivity contribution in [1.82, 2.24) is 0 Å². The SMILES string of the molecule is CCOC(=O)C1C(C)=NC2=C(C(=O)C[C@H](c3ccc(OC)c(OC)c3)C2)[C@@H]1c1cccc(Oc2ccccc2)c1. The largest absolute Gasteiger partial charge is 0.493 e. The van der Waals surface area contributed by atoms with Crippen LogP contribution < -0.4 is 14.2 Å². The summed E-state index contributed by atoms with van der Waals surface area (Å²) >= 11 is 0. The number of allylic oxidation sites excluding steroid dienone is 2. The molecule has 0 fully saturated rings. The summed E-state index contributed by atoms with van der Waals surface area (Å²) in [4.78, 5) is 32.0. The number of para-hydroxylation sites is 1. The molecule has 40 heavy (non-hydrogen) atoms. The van der Waals surface area contributed by atoms with Crippen molar-refractivity contribution in [1.29, 1.82) is 0 Å². The van der Waals surface area contributed by atoms with Crippen molar-refractivity contribution in [3.8, 4) is 23.0 Å². The van der Waals surface area contributed by atoms with Gasteiger partial charge < -0.3 is 18.9 Å². The number of nitrogens with zero attached hydrogens (tertiary/aromatic N) is 1. The molecule has 1 heterocycles. The lowest BCUT2D eigenvalue weighted by Gasteiger charge is -2.36. The fourth-order valence-corrected chi connectivity index (χ4v) is 5.70. The molecule has 0 saturated carbocycles. The first-order valence-corrected chi connectivity index (χ1v) is 13.5. The van der Waals surface area contributed by atoms with E-state index in [-0.39, 0.29) is 24.3 Å². The summed E-state index contributed by atoms with van der Waals surface area (Å²) in [6, 6.07) is 22.8. The van der Waals surface area contributed by atoms with E-state index < -0.39 is 11.8 Å². The number of esters is 1. The third-order valence-electron chi connectivity index (χ3n) is 7.50. The highest BCUT2D eigenvalue weighted by molar-refractivity contribution is 6.09. The van der Waals surface area contributed by atoms with Crippen LogP contribution in [0.15, 0.2) is 89.1 Å². The van der Waals surface area contributed by atoms with Gasteiger partial charge in [-0.3, -0.25) is 14.6 Å².